The van der Waals surface area contributed by atoms with Crippen LogP contribution in [0.25, 0.3) is 0 Å². The van der Waals surface area contributed by atoms with Crippen molar-refractivity contribution in [2.24, 2.45) is 0 Å². The molecule has 1 unspecified atom stereocenters. The minimum absolute atomic E-state index is 0.275. The molecule has 0 saturated carbocycles. The molecule has 3 amide bonds. The molecule has 1 aliphatic heterocycles. The van der Waals surface area contributed by atoms with Crippen LogP contribution in [0.4, 0.5) is 5.69 Å². The van der Waals surface area contributed by atoms with Crippen molar-refractivity contribution < 1.29 is 19.1 Å². The number of rotatable bonds is 4. The molecule has 0 saturated heterocycles. The second kappa shape index (κ2) is 6.57. The van der Waals surface area contributed by atoms with E-state index in [1.807, 2.05) is 0 Å². The highest BCUT2D eigenvalue weighted by Gasteiger charge is 2.32. The van der Waals surface area contributed by atoms with Crippen LogP contribution in [0.2, 0.25) is 5.02 Å². The standard InChI is InChI=1S/C18H15ClN2O4/c1-10(25-13-6-3-11(19)4-7-13)16(22)20-12-5-8-14-15(9-12)18(24)21(2)17(14)23/h3-10H,1-2H3,(H,20,22). The van der Waals surface area contributed by atoms with E-state index in [9.17, 15) is 14.4 Å². The minimum Gasteiger partial charge on any atom is -0.481 e. The molecule has 7 heteroatoms. The third-order valence-electron chi connectivity index (χ3n) is 3.85. The van der Waals surface area contributed by atoms with Gasteiger partial charge in [0.25, 0.3) is 17.7 Å². The molecule has 6 nitrogen and oxygen atoms in total. The maximum absolute atomic E-state index is 12.3. The maximum atomic E-state index is 12.3. The predicted octanol–water partition coefficient (Wildman–Crippen LogP) is 2.97. The number of anilines is 1. The highest BCUT2D eigenvalue weighted by atomic mass is 35.5. The molecule has 0 aliphatic carbocycles. The summed E-state index contributed by atoms with van der Waals surface area (Å²) in [5.41, 5.74) is 1.03. The molecule has 1 N–H and O–H groups in total. The van der Waals surface area contributed by atoms with Crippen LogP contribution in [0.5, 0.6) is 5.75 Å². The van der Waals surface area contributed by atoms with E-state index in [1.54, 1.807) is 37.3 Å². The van der Waals surface area contributed by atoms with E-state index in [0.717, 1.165) is 4.90 Å². The lowest BCUT2D eigenvalue weighted by Crippen LogP contribution is -2.30. The first-order valence-electron chi connectivity index (χ1n) is 7.56. The Kier molecular flexibility index (Phi) is 4.46. The predicted molar refractivity (Wildman–Crippen MR) is 93.0 cm³/mol. The lowest BCUT2D eigenvalue weighted by atomic mass is 10.1. The summed E-state index contributed by atoms with van der Waals surface area (Å²) in [4.78, 5) is 37.2. The topological polar surface area (TPSA) is 75.7 Å². The number of hydrogen-bond acceptors (Lipinski definition) is 4. The van der Waals surface area contributed by atoms with Gasteiger partial charge in [0.15, 0.2) is 6.10 Å². The Balaban J connectivity index is 1.70. The lowest BCUT2D eigenvalue weighted by Gasteiger charge is -2.15. The van der Waals surface area contributed by atoms with Crippen molar-refractivity contribution in [1.29, 1.82) is 0 Å². The maximum Gasteiger partial charge on any atom is 0.265 e. The fraction of sp³-hybridized carbons (Fsp3) is 0.167. The van der Waals surface area contributed by atoms with Gasteiger partial charge in [-0.15, -0.1) is 0 Å². The Morgan fingerprint density at radius 3 is 2.40 bits per heavy atom. The van der Waals surface area contributed by atoms with Gasteiger partial charge < -0.3 is 10.1 Å². The van der Waals surface area contributed by atoms with Crippen molar-refractivity contribution in [3.05, 3.63) is 58.6 Å². The first-order valence-corrected chi connectivity index (χ1v) is 7.94. The fourth-order valence-electron chi connectivity index (χ4n) is 2.45. The summed E-state index contributed by atoms with van der Waals surface area (Å²) in [6, 6.07) is 11.3. The van der Waals surface area contributed by atoms with E-state index in [-0.39, 0.29) is 23.3 Å². The van der Waals surface area contributed by atoms with Crippen LogP contribution in [0.1, 0.15) is 27.6 Å². The molecule has 1 heterocycles. The summed E-state index contributed by atoms with van der Waals surface area (Å²) in [6.07, 6.45) is -0.755. The normalized spacial score (nSPS) is 14.3. The van der Waals surface area contributed by atoms with Gasteiger partial charge in [0.1, 0.15) is 5.75 Å². The largest absolute Gasteiger partial charge is 0.481 e. The van der Waals surface area contributed by atoms with E-state index < -0.39 is 6.10 Å². The van der Waals surface area contributed by atoms with Crippen LogP contribution in [0, 0.1) is 0 Å². The molecular formula is C18H15ClN2O4. The number of amides is 3. The summed E-state index contributed by atoms with van der Waals surface area (Å²) in [5, 5.41) is 3.26. The second-order valence-corrected chi connectivity index (χ2v) is 6.07. The van der Waals surface area contributed by atoms with Crippen molar-refractivity contribution in [3.8, 4) is 5.75 Å². The van der Waals surface area contributed by atoms with Gasteiger partial charge in [0, 0.05) is 17.8 Å². The van der Waals surface area contributed by atoms with Gasteiger partial charge in [-0.1, -0.05) is 11.6 Å². The van der Waals surface area contributed by atoms with Crippen molar-refractivity contribution in [3.63, 3.8) is 0 Å². The molecule has 0 bridgehead atoms. The molecule has 25 heavy (non-hydrogen) atoms. The molecule has 0 spiro atoms. The summed E-state index contributed by atoms with van der Waals surface area (Å²) < 4.78 is 5.55. The van der Waals surface area contributed by atoms with Crippen LogP contribution in [-0.2, 0) is 4.79 Å². The van der Waals surface area contributed by atoms with Crippen LogP contribution >= 0.6 is 11.6 Å². The van der Waals surface area contributed by atoms with Crippen molar-refractivity contribution >= 4 is 35.0 Å². The SMILES string of the molecule is CC(Oc1ccc(Cl)cc1)C(=O)Nc1ccc2c(c1)C(=O)N(C)C2=O. The number of nitrogens with zero attached hydrogens (tertiary/aromatic N) is 1. The number of ether oxygens (including phenoxy) is 1. The van der Waals surface area contributed by atoms with E-state index in [4.69, 9.17) is 16.3 Å². The third-order valence-corrected chi connectivity index (χ3v) is 4.10. The number of carbonyl (C=O) groups excluding carboxylic acids is 3. The average molecular weight is 359 g/mol. The van der Waals surface area contributed by atoms with Crippen LogP contribution in [-0.4, -0.2) is 35.8 Å². The molecule has 2 aromatic carbocycles. The molecule has 3 rings (SSSR count). The molecule has 1 atom stereocenters. The third kappa shape index (κ3) is 3.34. The highest BCUT2D eigenvalue weighted by molar-refractivity contribution is 6.30. The zero-order valence-corrected chi connectivity index (χ0v) is 14.3. The zero-order valence-electron chi connectivity index (χ0n) is 13.6. The molecule has 0 fully saturated rings. The van der Waals surface area contributed by atoms with E-state index >= 15 is 0 Å². The first-order chi connectivity index (χ1) is 11.9. The van der Waals surface area contributed by atoms with Crippen molar-refractivity contribution in [2.75, 3.05) is 12.4 Å². The number of carbonyl (C=O) groups is 3. The van der Waals surface area contributed by atoms with Crippen LogP contribution in [0.15, 0.2) is 42.5 Å². The average Bonchev–Trinajstić information content (AvgIpc) is 2.81. The van der Waals surface area contributed by atoms with Gasteiger partial charge in [0.05, 0.1) is 11.1 Å². The molecule has 1 aliphatic rings. The smallest absolute Gasteiger partial charge is 0.265 e. The van der Waals surface area contributed by atoms with Gasteiger partial charge in [-0.25, -0.2) is 0 Å². The Morgan fingerprint density at radius 2 is 1.72 bits per heavy atom. The van der Waals surface area contributed by atoms with Gasteiger partial charge in [0.2, 0.25) is 0 Å². The molecule has 128 valence electrons. The summed E-state index contributed by atoms with van der Waals surface area (Å²) in [5.74, 6) is -0.595. The highest BCUT2D eigenvalue weighted by Crippen LogP contribution is 2.25. The summed E-state index contributed by atoms with van der Waals surface area (Å²) in [6.45, 7) is 1.61. The number of nitrogens with one attached hydrogen (secondary N) is 1. The monoisotopic (exact) mass is 358 g/mol. The quantitative estimate of drug-likeness (QED) is 0.852. The molecule has 2 aromatic rings. The summed E-state index contributed by atoms with van der Waals surface area (Å²) >= 11 is 5.81. The van der Waals surface area contributed by atoms with Gasteiger partial charge in [-0.3, -0.25) is 19.3 Å². The number of fused-ring (bicyclic) bond motifs is 1. The van der Waals surface area contributed by atoms with Gasteiger partial charge in [-0.05, 0) is 49.4 Å². The number of benzene rings is 2. The van der Waals surface area contributed by atoms with E-state index in [0.29, 0.717) is 22.0 Å². The lowest BCUT2D eigenvalue weighted by molar-refractivity contribution is -0.122. The Labute approximate surface area is 149 Å². The Bertz CT molecular complexity index is 864. The number of imide groups is 1. The van der Waals surface area contributed by atoms with Crippen LogP contribution < -0.4 is 10.1 Å². The van der Waals surface area contributed by atoms with E-state index in [2.05, 4.69) is 5.32 Å². The van der Waals surface area contributed by atoms with E-state index in [1.165, 1.54) is 19.2 Å². The Hall–Kier alpha value is -2.86. The molecule has 0 radical (unpaired) electrons. The van der Waals surface area contributed by atoms with Crippen molar-refractivity contribution in [1.82, 2.24) is 4.90 Å². The first kappa shape index (κ1) is 17.0. The van der Waals surface area contributed by atoms with Gasteiger partial charge >= 0.3 is 0 Å². The summed E-state index contributed by atoms with van der Waals surface area (Å²) in [7, 11) is 1.42. The van der Waals surface area contributed by atoms with Gasteiger partial charge in [-0.2, -0.15) is 0 Å². The fourth-order valence-corrected chi connectivity index (χ4v) is 2.58. The molecule has 0 aromatic heterocycles. The Morgan fingerprint density at radius 1 is 1.08 bits per heavy atom. The molecular weight excluding hydrogens is 344 g/mol. The van der Waals surface area contributed by atoms with Crippen molar-refractivity contribution in [2.45, 2.75) is 13.0 Å². The number of hydrogen-bond donors (Lipinski definition) is 1. The second-order valence-electron chi connectivity index (χ2n) is 5.63. The van der Waals surface area contributed by atoms with Crippen LogP contribution in [0.3, 0.4) is 0 Å². The number of halogens is 1. The zero-order chi connectivity index (χ0) is 18.1. The minimum atomic E-state index is -0.755.